The van der Waals surface area contributed by atoms with Crippen LogP contribution in [-0.4, -0.2) is 75.5 Å². The van der Waals surface area contributed by atoms with Gasteiger partial charge in [0.15, 0.2) is 5.41 Å². The lowest BCUT2D eigenvalue weighted by Gasteiger charge is -2.71. The molecule has 1 spiro atoms. The molecule has 7 unspecified atom stereocenters. The quantitative estimate of drug-likeness (QED) is 0.171. The zero-order valence-electron chi connectivity index (χ0n) is 31.4. The van der Waals surface area contributed by atoms with Crippen LogP contribution in [0, 0.1) is 62.1 Å². The first-order valence-corrected chi connectivity index (χ1v) is 21.9. The van der Waals surface area contributed by atoms with Crippen molar-refractivity contribution in [2.24, 2.45) is 62.1 Å². The van der Waals surface area contributed by atoms with E-state index in [0.29, 0.717) is 33.5 Å². The van der Waals surface area contributed by atoms with E-state index in [1.165, 1.54) is 81.9 Å². The fourth-order valence-electron chi connectivity index (χ4n) is 15.0. The molecule has 9 atom stereocenters. The van der Waals surface area contributed by atoms with Crippen molar-refractivity contribution in [2.75, 3.05) is 44.2 Å². The normalized spacial score (nSPS) is 44.8. The number of aliphatic carboxylic acids is 2. The van der Waals surface area contributed by atoms with Crippen LogP contribution in [0.2, 0.25) is 0 Å². The second kappa shape index (κ2) is 12.3. The van der Waals surface area contributed by atoms with Gasteiger partial charge in [0.2, 0.25) is 0 Å². The molecule has 1 saturated heterocycles. The number of rotatable bonds is 9. The predicted molar refractivity (Wildman–Crippen MR) is 198 cm³/mol. The van der Waals surface area contributed by atoms with Crippen LogP contribution >= 0.6 is 0 Å². The first-order chi connectivity index (χ1) is 23.7. The summed E-state index contributed by atoms with van der Waals surface area (Å²) in [6.07, 6.45) is 20.9. The van der Waals surface area contributed by atoms with Gasteiger partial charge in [-0.15, -0.1) is 0 Å². The Bertz CT molecular complexity index is 1470. The summed E-state index contributed by atoms with van der Waals surface area (Å²) in [6.45, 7) is 16.0. The Morgan fingerprint density at radius 2 is 1.64 bits per heavy atom. The van der Waals surface area contributed by atoms with E-state index in [1.807, 2.05) is 0 Å². The molecular weight excluding hydrogens is 645 g/mol. The number of nitrogens with zero attached hydrogens (tertiary/aromatic N) is 1. The minimum absolute atomic E-state index is 0.228. The molecule has 0 bridgehead atoms. The molecule has 5 saturated carbocycles. The Balaban J connectivity index is 0.933. The van der Waals surface area contributed by atoms with Gasteiger partial charge in [-0.1, -0.05) is 46.3 Å². The summed E-state index contributed by atoms with van der Waals surface area (Å²) < 4.78 is 11.7. The van der Waals surface area contributed by atoms with Gasteiger partial charge in [-0.05, 0) is 164 Å². The number of hydrogen-bond donors (Lipinski definition) is 3. The maximum absolute atomic E-state index is 11.8. The Kier molecular flexibility index (Phi) is 8.71. The molecule has 50 heavy (non-hydrogen) atoms. The third-order valence-electron chi connectivity index (χ3n) is 17.8. The molecule has 0 aromatic heterocycles. The van der Waals surface area contributed by atoms with Gasteiger partial charge in [0.1, 0.15) is 0 Å². The molecule has 0 aromatic rings. The molecule has 8 aliphatic rings. The highest BCUT2D eigenvalue weighted by Gasteiger charge is 2.69. The van der Waals surface area contributed by atoms with Crippen LogP contribution in [0.3, 0.4) is 0 Å². The number of hydrogen-bond acceptors (Lipinski definition) is 5. The Morgan fingerprint density at radius 1 is 0.920 bits per heavy atom. The molecule has 278 valence electrons. The minimum Gasteiger partial charge on any atom is -0.480 e. The van der Waals surface area contributed by atoms with Crippen LogP contribution in [0.15, 0.2) is 23.3 Å². The number of allylic oxidation sites excluding steroid dienone is 4. The summed E-state index contributed by atoms with van der Waals surface area (Å²) in [5, 5.41) is 23.3. The van der Waals surface area contributed by atoms with Crippen LogP contribution in [-0.2, 0) is 20.4 Å². The molecule has 6 fully saturated rings. The topological polar surface area (TPSA) is 107 Å². The van der Waals surface area contributed by atoms with Crippen molar-refractivity contribution in [3.63, 3.8) is 0 Å². The van der Waals surface area contributed by atoms with Gasteiger partial charge < -0.3 is 20.4 Å². The zero-order valence-corrected chi connectivity index (χ0v) is 32.2. The predicted octanol–water partition coefficient (Wildman–Crippen LogP) is 7.30. The monoisotopic (exact) mass is 708 g/mol. The summed E-state index contributed by atoms with van der Waals surface area (Å²) in [4.78, 5) is 26.1. The molecule has 7 nitrogen and oxygen atoms in total. The third kappa shape index (κ3) is 5.09. The van der Waals surface area contributed by atoms with Gasteiger partial charge in [-0.3, -0.25) is 13.8 Å². The van der Waals surface area contributed by atoms with Crippen LogP contribution in [0.5, 0.6) is 0 Å². The molecule has 7 aliphatic carbocycles. The third-order valence-corrected chi connectivity index (χ3v) is 19.1. The first kappa shape index (κ1) is 35.5. The van der Waals surface area contributed by atoms with Crippen molar-refractivity contribution < 1.29 is 24.0 Å². The molecule has 1 heterocycles. The van der Waals surface area contributed by atoms with Gasteiger partial charge in [0.25, 0.3) is 0 Å². The maximum Gasteiger partial charge on any atom is 0.321 e. The summed E-state index contributed by atoms with van der Waals surface area (Å²) in [6, 6.07) is 0. The number of carboxylic acid groups (broad SMARTS) is 2. The highest BCUT2D eigenvalue weighted by Crippen LogP contribution is 2.76. The highest BCUT2D eigenvalue weighted by molar-refractivity contribution is 7.85. The molecule has 0 aromatic carbocycles. The first-order valence-electron chi connectivity index (χ1n) is 20.4. The molecule has 0 radical (unpaired) electrons. The lowest BCUT2D eigenvalue weighted by Crippen LogP contribution is -2.64. The molecule has 1 aliphatic heterocycles. The summed E-state index contributed by atoms with van der Waals surface area (Å²) in [5.41, 5.74) is 2.59. The van der Waals surface area contributed by atoms with Crippen LogP contribution in [0.4, 0.5) is 0 Å². The second-order valence-corrected chi connectivity index (χ2v) is 21.4. The van der Waals surface area contributed by atoms with E-state index >= 15 is 0 Å². The lowest BCUT2D eigenvalue weighted by molar-refractivity contribution is -0.218. The largest absolute Gasteiger partial charge is 0.480 e. The number of nitrogens with one attached hydrogen (secondary N) is 1. The fraction of sp³-hybridized carbons (Fsp3) is 0.857. The molecule has 8 rings (SSSR count). The average Bonchev–Trinajstić information content (AvgIpc) is 3.45. The van der Waals surface area contributed by atoms with Crippen LogP contribution < -0.4 is 5.32 Å². The minimum atomic E-state index is -1.60. The molecular formula is C42H64N2O5S. The van der Waals surface area contributed by atoms with E-state index in [9.17, 15) is 24.0 Å². The standard InChI is InChI=1S/C42H64N2O5S/c1-28-30(29-23-40(24-29)25-42(26-40,35(45)46)36(47)48)10-13-37(2)31(28)11-14-39(4)34(37)9-8-32-33-7-5-12-41(33,16-15-38(32,39)3)27-43-17-6-18-44-19-21-50(49)22-20-44/h10,23,28,31-34,43H,5-9,11-22,24-27H2,1-4H3,(H,45,46)(H,47,48)/t28?,31?,32?,33-,34?,37?,38-,39?,41?/m1/s1. The van der Waals surface area contributed by atoms with Crippen molar-refractivity contribution in [3.05, 3.63) is 23.3 Å². The van der Waals surface area contributed by atoms with Crippen LogP contribution in [0.25, 0.3) is 0 Å². The lowest BCUT2D eigenvalue weighted by atomic mass is 9.33. The van der Waals surface area contributed by atoms with Crippen molar-refractivity contribution >= 4 is 22.7 Å². The van der Waals surface area contributed by atoms with Gasteiger partial charge in [0, 0.05) is 41.9 Å². The molecule has 3 N–H and O–H groups in total. The average molecular weight is 709 g/mol. The van der Waals surface area contributed by atoms with Crippen molar-refractivity contribution in [2.45, 2.75) is 118 Å². The smallest absolute Gasteiger partial charge is 0.321 e. The summed E-state index contributed by atoms with van der Waals surface area (Å²) >= 11 is 0. The van der Waals surface area contributed by atoms with E-state index in [4.69, 9.17) is 0 Å². The van der Waals surface area contributed by atoms with E-state index in [0.717, 1.165) is 68.3 Å². The van der Waals surface area contributed by atoms with Crippen molar-refractivity contribution in [3.8, 4) is 0 Å². The van der Waals surface area contributed by atoms with Gasteiger partial charge in [-0.25, -0.2) is 0 Å². The molecule has 0 amide bonds. The van der Waals surface area contributed by atoms with E-state index in [-0.39, 0.29) is 18.3 Å². The Hall–Kier alpha value is -1.51. The Labute approximate surface area is 303 Å². The number of carbonyl (C=O) groups is 2. The van der Waals surface area contributed by atoms with Crippen molar-refractivity contribution in [1.29, 1.82) is 0 Å². The zero-order chi connectivity index (χ0) is 35.3. The van der Waals surface area contributed by atoms with E-state index < -0.39 is 28.2 Å². The fourth-order valence-corrected chi connectivity index (χ4v) is 16.1. The van der Waals surface area contributed by atoms with Gasteiger partial charge >= 0.3 is 11.9 Å². The van der Waals surface area contributed by atoms with Gasteiger partial charge in [0.05, 0.1) is 0 Å². The maximum atomic E-state index is 11.8. The van der Waals surface area contributed by atoms with Crippen molar-refractivity contribution in [1.82, 2.24) is 10.2 Å². The summed E-state index contributed by atoms with van der Waals surface area (Å²) in [7, 11) is -0.593. The van der Waals surface area contributed by atoms with E-state index in [2.05, 4.69) is 50.1 Å². The number of carboxylic acids is 2. The highest BCUT2D eigenvalue weighted by atomic mass is 32.2. The SMILES string of the molecule is CC1C(C2=CC3(C2)CC(C(=O)O)(C(=O)O)C3)=CCC2(C)C1CCC1(C)C2CCC2[C@H]3CCCC3(CNCCCN3CCS(=O)CC3)CC[C@]21C. The number of fused-ring (bicyclic) bond motifs is 7. The molecule has 8 heteroatoms. The van der Waals surface area contributed by atoms with Gasteiger partial charge in [-0.2, -0.15) is 0 Å². The summed E-state index contributed by atoms with van der Waals surface area (Å²) in [5.74, 6) is 2.95. The van der Waals surface area contributed by atoms with Crippen LogP contribution in [0.1, 0.15) is 118 Å². The Morgan fingerprint density at radius 3 is 2.34 bits per heavy atom. The van der Waals surface area contributed by atoms with E-state index in [1.54, 1.807) is 0 Å². The second-order valence-electron chi connectivity index (χ2n) is 19.7.